The van der Waals surface area contributed by atoms with Gasteiger partial charge in [-0.2, -0.15) is 0 Å². The van der Waals surface area contributed by atoms with E-state index in [9.17, 15) is 0 Å². The molecule has 0 amide bonds. The highest BCUT2D eigenvalue weighted by molar-refractivity contribution is 9.10. The second-order valence-electron chi connectivity index (χ2n) is 5.74. The highest BCUT2D eigenvalue weighted by Crippen LogP contribution is 2.23. The van der Waals surface area contributed by atoms with Crippen LogP contribution in [0.2, 0.25) is 0 Å². The maximum absolute atomic E-state index is 5.83. The Kier molecular flexibility index (Phi) is 7.56. The van der Waals surface area contributed by atoms with E-state index in [1.807, 2.05) is 32.9 Å². The summed E-state index contributed by atoms with van der Waals surface area (Å²) in [5.74, 6) is 0.925. The number of halogens is 1. The smallest absolute Gasteiger partial charge is 0.123 e. The van der Waals surface area contributed by atoms with E-state index in [-0.39, 0.29) is 5.60 Å². The Labute approximate surface area is 131 Å². The molecule has 20 heavy (non-hydrogen) atoms. The molecule has 0 aliphatic heterocycles. The normalized spacial score (nSPS) is 11.7. The van der Waals surface area contributed by atoms with Gasteiger partial charge in [0.15, 0.2) is 0 Å². The largest absolute Gasteiger partial charge is 0.491 e. The molecule has 0 aliphatic rings. The lowest BCUT2D eigenvalue weighted by Gasteiger charge is -2.20. The fourth-order valence-electron chi connectivity index (χ4n) is 1.73. The molecule has 0 radical (unpaired) electrons. The van der Waals surface area contributed by atoms with Crippen LogP contribution in [0.5, 0.6) is 5.75 Å². The van der Waals surface area contributed by atoms with Gasteiger partial charge in [0.25, 0.3) is 0 Å². The van der Waals surface area contributed by atoms with E-state index in [1.54, 1.807) is 0 Å². The topological polar surface area (TPSA) is 30.5 Å². The van der Waals surface area contributed by atoms with Gasteiger partial charge in [-0.05, 0) is 51.9 Å². The van der Waals surface area contributed by atoms with Crippen LogP contribution >= 0.6 is 15.9 Å². The van der Waals surface area contributed by atoms with Crippen molar-refractivity contribution in [1.82, 2.24) is 5.32 Å². The van der Waals surface area contributed by atoms with E-state index in [2.05, 4.69) is 34.2 Å². The SMILES string of the molecule is CCCNCc1cc(Br)ccc1OCCOC(C)(C)C. The molecule has 0 heterocycles. The zero-order valence-electron chi connectivity index (χ0n) is 13.0. The molecule has 3 nitrogen and oxygen atoms in total. The molecule has 0 fully saturated rings. The Morgan fingerprint density at radius 1 is 1.20 bits per heavy atom. The molecular weight excluding hydrogens is 318 g/mol. The lowest BCUT2D eigenvalue weighted by atomic mass is 10.2. The Hall–Kier alpha value is -0.580. The quantitative estimate of drug-likeness (QED) is 0.719. The highest BCUT2D eigenvalue weighted by atomic mass is 79.9. The monoisotopic (exact) mass is 343 g/mol. The second-order valence-corrected chi connectivity index (χ2v) is 6.65. The Balaban J connectivity index is 2.51. The summed E-state index contributed by atoms with van der Waals surface area (Å²) in [6, 6.07) is 6.11. The summed E-state index contributed by atoms with van der Waals surface area (Å²) in [7, 11) is 0. The van der Waals surface area contributed by atoms with Crippen molar-refractivity contribution in [2.75, 3.05) is 19.8 Å². The molecular formula is C16H26BrNO2. The molecule has 1 aromatic carbocycles. The number of hydrogen-bond acceptors (Lipinski definition) is 3. The molecule has 114 valence electrons. The first-order chi connectivity index (χ1) is 9.42. The Morgan fingerprint density at radius 2 is 1.95 bits per heavy atom. The fourth-order valence-corrected chi connectivity index (χ4v) is 2.13. The molecule has 1 rings (SSSR count). The number of benzene rings is 1. The maximum atomic E-state index is 5.83. The first kappa shape index (κ1) is 17.5. The second kappa shape index (κ2) is 8.65. The van der Waals surface area contributed by atoms with Crippen LogP contribution in [0.4, 0.5) is 0 Å². The first-order valence-electron chi connectivity index (χ1n) is 7.18. The minimum absolute atomic E-state index is 0.116. The molecule has 0 aliphatic carbocycles. The Bertz CT molecular complexity index is 402. The predicted octanol–water partition coefficient (Wildman–Crippen LogP) is 4.14. The van der Waals surface area contributed by atoms with Crippen LogP contribution in [0.1, 0.15) is 39.7 Å². The van der Waals surface area contributed by atoms with E-state index in [0.29, 0.717) is 13.2 Å². The molecule has 0 bridgehead atoms. The third kappa shape index (κ3) is 7.27. The van der Waals surface area contributed by atoms with Gasteiger partial charge in [0, 0.05) is 16.6 Å². The summed E-state index contributed by atoms with van der Waals surface area (Å²) < 4.78 is 12.6. The zero-order chi connectivity index (χ0) is 15.0. The van der Waals surface area contributed by atoms with Gasteiger partial charge >= 0.3 is 0 Å². The van der Waals surface area contributed by atoms with Gasteiger partial charge in [-0.3, -0.25) is 0 Å². The lowest BCUT2D eigenvalue weighted by molar-refractivity contribution is -0.0164. The van der Waals surface area contributed by atoms with Crippen molar-refractivity contribution in [2.45, 2.75) is 46.3 Å². The standard InChI is InChI=1S/C16H26BrNO2/c1-5-8-18-12-13-11-14(17)6-7-15(13)19-9-10-20-16(2,3)4/h6-7,11,18H,5,8-10,12H2,1-4H3. The minimum Gasteiger partial charge on any atom is -0.491 e. The first-order valence-corrected chi connectivity index (χ1v) is 7.97. The number of ether oxygens (including phenoxy) is 2. The van der Waals surface area contributed by atoms with Crippen LogP contribution in [0.25, 0.3) is 0 Å². The van der Waals surface area contributed by atoms with Crippen molar-refractivity contribution >= 4 is 15.9 Å². The van der Waals surface area contributed by atoms with E-state index in [1.165, 1.54) is 5.56 Å². The molecule has 0 saturated carbocycles. The van der Waals surface area contributed by atoms with Crippen molar-refractivity contribution < 1.29 is 9.47 Å². The molecule has 0 aromatic heterocycles. The van der Waals surface area contributed by atoms with Gasteiger partial charge < -0.3 is 14.8 Å². The van der Waals surface area contributed by atoms with Crippen LogP contribution in [0.15, 0.2) is 22.7 Å². The van der Waals surface area contributed by atoms with Crippen molar-refractivity contribution in [2.24, 2.45) is 0 Å². The fraction of sp³-hybridized carbons (Fsp3) is 0.625. The summed E-state index contributed by atoms with van der Waals surface area (Å²) >= 11 is 3.51. The molecule has 1 aromatic rings. The Morgan fingerprint density at radius 3 is 2.60 bits per heavy atom. The highest BCUT2D eigenvalue weighted by Gasteiger charge is 2.10. The number of rotatable bonds is 8. The van der Waals surface area contributed by atoms with E-state index < -0.39 is 0 Å². The third-order valence-corrected chi connectivity index (χ3v) is 3.13. The van der Waals surface area contributed by atoms with Crippen molar-refractivity contribution in [3.05, 3.63) is 28.2 Å². The lowest BCUT2D eigenvalue weighted by Crippen LogP contribution is -2.22. The summed E-state index contributed by atoms with van der Waals surface area (Å²) in [4.78, 5) is 0. The van der Waals surface area contributed by atoms with Crippen molar-refractivity contribution in [3.63, 3.8) is 0 Å². The number of hydrogen-bond donors (Lipinski definition) is 1. The molecule has 4 heteroatoms. The summed E-state index contributed by atoms with van der Waals surface area (Å²) in [6.45, 7) is 11.3. The van der Waals surface area contributed by atoms with Crippen LogP contribution < -0.4 is 10.1 Å². The molecule has 0 spiro atoms. The van der Waals surface area contributed by atoms with Crippen LogP contribution in [0, 0.1) is 0 Å². The summed E-state index contributed by atoms with van der Waals surface area (Å²) in [5, 5.41) is 3.40. The van der Waals surface area contributed by atoms with E-state index in [0.717, 1.165) is 29.7 Å². The van der Waals surface area contributed by atoms with Crippen molar-refractivity contribution in [1.29, 1.82) is 0 Å². The third-order valence-electron chi connectivity index (χ3n) is 2.64. The number of nitrogens with one attached hydrogen (secondary N) is 1. The zero-order valence-corrected chi connectivity index (χ0v) is 14.5. The molecule has 0 saturated heterocycles. The van der Waals surface area contributed by atoms with Gasteiger partial charge in [0.2, 0.25) is 0 Å². The summed E-state index contributed by atoms with van der Waals surface area (Å²) in [5.41, 5.74) is 1.05. The van der Waals surface area contributed by atoms with Gasteiger partial charge in [-0.15, -0.1) is 0 Å². The van der Waals surface area contributed by atoms with Gasteiger partial charge in [-0.25, -0.2) is 0 Å². The minimum atomic E-state index is -0.116. The van der Waals surface area contributed by atoms with Crippen LogP contribution in [-0.4, -0.2) is 25.4 Å². The van der Waals surface area contributed by atoms with Gasteiger partial charge in [0.05, 0.1) is 12.2 Å². The van der Waals surface area contributed by atoms with Gasteiger partial charge in [0.1, 0.15) is 12.4 Å². The summed E-state index contributed by atoms with van der Waals surface area (Å²) in [6.07, 6.45) is 1.13. The van der Waals surface area contributed by atoms with E-state index >= 15 is 0 Å². The van der Waals surface area contributed by atoms with Crippen LogP contribution in [-0.2, 0) is 11.3 Å². The van der Waals surface area contributed by atoms with E-state index in [4.69, 9.17) is 9.47 Å². The molecule has 0 atom stereocenters. The van der Waals surface area contributed by atoms with Crippen LogP contribution in [0.3, 0.4) is 0 Å². The molecule has 1 N–H and O–H groups in total. The average Bonchev–Trinajstić information content (AvgIpc) is 2.36. The van der Waals surface area contributed by atoms with Gasteiger partial charge in [-0.1, -0.05) is 22.9 Å². The maximum Gasteiger partial charge on any atom is 0.123 e. The average molecular weight is 344 g/mol. The predicted molar refractivity (Wildman–Crippen MR) is 87.3 cm³/mol. The van der Waals surface area contributed by atoms with Crippen molar-refractivity contribution in [3.8, 4) is 5.75 Å². The molecule has 0 unspecified atom stereocenters.